The van der Waals surface area contributed by atoms with Crippen molar-refractivity contribution >= 4 is 27.7 Å². The minimum Gasteiger partial charge on any atom is -0.357 e. The summed E-state index contributed by atoms with van der Waals surface area (Å²) in [6.07, 6.45) is 0.485. The Morgan fingerprint density at radius 2 is 1.94 bits per heavy atom. The molecule has 5 heteroatoms. The Morgan fingerprint density at radius 3 is 2.47 bits per heavy atom. The normalized spacial score (nSPS) is 11.6. The molecule has 0 saturated heterocycles. The van der Waals surface area contributed by atoms with Crippen molar-refractivity contribution in [2.24, 2.45) is 0 Å². The Morgan fingerprint density at radius 1 is 1.29 bits per heavy atom. The van der Waals surface area contributed by atoms with Crippen LogP contribution in [0.1, 0.15) is 5.56 Å². The monoisotopic (exact) mass is 298 g/mol. The molecule has 0 aromatic heterocycles. The molecule has 0 aliphatic carbocycles. The molecule has 0 saturated carbocycles. The highest BCUT2D eigenvalue weighted by Gasteiger charge is 2.19. The standard InChI is InChI=1S/C12H15BrN2O2/c1-14-12(17)10(15-11(16)8-13)7-9-5-3-2-4-6-9/h2-6,10H,7-8H2,1H3,(H,14,17)(H,15,16). The van der Waals surface area contributed by atoms with E-state index in [2.05, 4.69) is 26.6 Å². The number of carbonyl (C=O) groups is 2. The van der Waals surface area contributed by atoms with Crippen LogP contribution in [0, 0.1) is 0 Å². The van der Waals surface area contributed by atoms with Crippen molar-refractivity contribution in [3.05, 3.63) is 35.9 Å². The maximum atomic E-state index is 11.6. The molecule has 1 unspecified atom stereocenters. The van der Waals surface area contributed by atoms with Crippen molar-refractivity contribution < 1.29 is 9.59 Å². The number of alkyl halides is 1. The van der Waals surface area contributed by atoms with E-state index in [-0.39, 0.29) is 17.1 Å². The van der Waals surface area contributed by atoms with Crippen LogP contribution in [0.3, 0.4) is 0 Å². The van der Waals surface area contributed by atoms with E-state index < -0.39 is 6.04 Å². The molecule has 1 rings (SSSR count). The van der Waals surface area contributed by atoms with Gasteiger partial charge in [0.2, 0.25) is 11.8 Å². The van der Waals surface area contributed by atoms with Crippen LogP contribution in [0.2, 0.25) is 0 Å². The van der Waals surface area contributed by atoms with Gasteiger partial charge in [-0.2, -0.15) is 0 Å². The van der Waals surface area contributed by atoms with Crippen LogP contribution in [0.5, 0.6) is 0 Å². The van der Waals surface area contributed by atoms with Gasteiger partial charge in [-0.05, 0) is 5.56 Å². The summed E-state index contributed by atoms with van der Waals surface area (Å²) in [5.74, 6) is -0.391. The molecule has 0 aliphatic rings. The molecule has 2 N–H and O–H groups in total. The lowest BCUT2D eigenvalue weighted by Crippen LogP contribution is -2.47. The first kappa shape index (κ1) is 13.7. The Balaban J connectivity index is 2.70. The predicted octanol–water partition coefficient (Wildman–Crippen LogP) is 0.855. The van der Waals surface area contributed by atoms with Crippen LogP contribution >= 0.6 is 15.9 Å². The van der Waals surface area contributed by atoms with Crippen LogP contribution in [-0.2, 0) is 16.0 Å². The molecule has 0 aliphatic heterocycles. The number of halogens is 1. The molecule has 4 nitrogen and oxygen atoms in total. The Bertz CT molecular complexity index is 381. The molecule has 0 spiro atoms. The smallest absolute Gasteiger partial charge is 0.242 e. The van der Waals surface area contributed by atoms with Gasteiger partial charge in [-0.3, -0.25) is 9.59 Å². The number of likely N-dealkylation sites (N-methyl/N-ethyl adjacent to an activating group) is 1. The van der Waals surface area contributed by atoms with Crippen LogP contribution < -0.4 is 10.6 Å². The number of hydrogen-bond acceptors (Lipinski definition) is 2. The van der Waals surface area contributed by atoms with E-state index >= 15 is 0 Å². The van der Waals surface area contributed by atoms with E-state index in [1.165, 1.54) is 0 Å². The fraction of sp³-hybridized carbons (Fsp3) is 0.333. The summed E-state index contributed by atoms with van der Waals surface area (Å²) < 4.78 is 0. The van der Waals surface area contributed by atoms with Crippen molar-refractivity contribution in [3.8, 4) is 0 Å². The van der Waals surface area contributed by atoms with Gasteiger partial charge in [0, 0.05) is 13.5 Å². The second-order valence-corrected chi connectivity index (χ2v) is 4.12. The number of nitrogens with one attached hydrogen (secondary N) is 2. The zero-order chi connectivity index (χ0) is 12.7. The van der Waals surface area contributed by atoms with Crippen LogP contribution in [-0.4, -0.2) is 30.2 Å². The number of carbonyl (C=O) groups excluding carboxylic acids is 2. The summed E-state index contributed by atoms with van der Waals surface area (Å²) >= 11 is 3.06. The predicted molar refractivity (Wildman–Crippen MR) is 69.9 cm³/mol. The summed E-state index contributed by atoms with van der Waals surface area (Å²) in [5, 5.41) is 5.40. The fourth-order valence-corrected chi connectivity index (χ4v) is 1.63. The van der Waals surface area contributed by atoms with Gasteiger partial charge in [0.1, 0.15) is 6.04 Å². The average molecular weight is 299 g/mol. The molecule has 2 amide bonds. The van der Waals surface area contributed by atoms with Crippen LogP contribution in [0.15, 0.2) is 30.3 Å². The van der Waals surface area contributed by atoms with Crippen LogP contribution in [0.25, 0.3) is 0 Å². The zero-order valence-corrected chi connectivity index (χ0v) is 11.2. The van der Waals surface area contributed by atoms with Crippen molar-refractivity contribution in [3.63, 3.8) is 0 Å². The van der Waals surface area contributed by atoms with Gasteiger partial charge in [-0.1, -0.05) is 46.3 Å². The van der Waals surface area contributed by atoms with E-state index in [9.17, 15) is 9.59 Å². The van der Waals surface area contributed by atoms with Gasteiger partial charge < -0.3 is 10.6 Å². The molecule has 0 heterocycles. The highest BCUT2D eigenvalue weighted by Crippen LogP contribution is 2.03. The summed E-state index contributed by atoms with van der Waals surface area (Å²) in [5.41, 5.74) is 1.01. The zero-order valence-electron chi connectivity index (χ0n) is 9.57. The first-order chi connectivity index (χ1) is 8.17. The Labute approximate surface area is 109 Å². The fourth-order valence-electron chi connectivity index (χ4n) is 1.47. The van der Waals surface area contributed by atoms with Crippen LogP contribution in [0.4, 0.5) is 0 Å². The summed E-state index contributed by atoms with van der Waals surface area (Å²) in [6, 6.07) is 9.04. The summed E-state index contributed by atoms with van der Waals surface area (Å²) in [6.45, 7) is 0. The second kappa shape index (κ2) is 7.06. The second-order valence-electron chi connectivity index (χ2n) is 3.56. The third kappa shape index (κ3) is 4.56. The third-order valence-electron chi connectivity index (χ3n) is 2.30. The average Bonchev–Trinajstić information content (AvgIpc) is 2.38. The lowest BCUT2D eigenvalue weighted by molar-refractivity contribution is -0.127. The molecule has 1 aromatic rings. The van der Waals surface area contributed by atoms with E-state index in [0.29, 0.717) is 6.42 Å². The maximum absolute atomic E-state index is 11.6. The largest absolute Gasteiger partial charge is 0.357 e. The molecule has 0 fully saturated rings. The highest BCUT2D eigenvalue weighted by molar-refractivity contribution is 9.09. The minimum absolute atomic E-state index is 0.190. The summed E-state index contributed by atoms with van der Waals surface area (Å²) in [7, 11) is 1.56. The molecule has 1 aromatic carbocycles. The lowest BCUT2D eigenvalue weighted by Gasteiger charge is -2.16. The van der Waals surface area contributed by atoms with E-state index in [1.807, 2.05) is 30.3 Å². The van der Waals surface area contributed by atoms with Gasteiger partial charge in [0.15, 0.2) is 0 Å². The van der Waals surface area contributed by atoms with Crippen molar-refractivity contribution in [1.82, 2.24) is 10.6 Å². The SMILES string of the molecule is CNC(=O)C(Cc1ccccc1)NC(=O)CBr. The van der Waals surface area contributed by atoms with E-state index in [1.54, 1.807) is 7.05 Å². The van der Waals surface area contributed by atoms with E-state index in [4.69, 9.17) is 0 Å². The molecule has 92 valence electrons. The molecular formula is C12H15BrN2O2. The highest BCUT2D eigenvalue weighted by atomic mass is 79.9. The number of rotatable bonds is 5. The number of hydrogen-bond donors (Lipinski definition) is 2. The van der Waals surface area contributed by atoms with Crippen molar-refractivity contribution in [2.75, 3.05) is 12.4 Å². The number of benzene rings is 1. The minimum atomic E-state index is -0.535. The van der Waals surface area contributed by atoms with Gasteiger partial charge in [-0.15, -0.1) is 0 Å². The first-order valence-electron chi connectivity index (χ1n) is 5.28. The maximum Gasteiger partial charge on any atom is 0.242 e. The lowest BCUT2D eigenvalue weighted by atomic mass is 10.1. The van der Waals surface area contributed by atoms with Crippen molar-refractivity contribution in [1.29, 1.82) is 0 Å². The molecule has 1 atom stereocenters. The van der Waals surface area contributed by atoms with Gasteiger partial charge in [-0.25, -0.2) is 0 Å². The number of amides is 2. The third-order valence-corrected chi connectivity index (χ3v) is 2.81. The Kier molecular flexibility index (Phi) is 5.69. The molecule has 17 heavy (non-hydrogen) atoms. The topological polar surface area (TPSA) is 58.2 Å². The van der Waals surface area contributed by atoms with Crippen molar-refractivity contribution in [2.45, 2.75) is 12.5 Å². The quantitative estimate of drug-likeness (QED) is 0.792. The van der Waals surface area contributed by atoms with Gasteiger partial charge in [0.05, 0.1) is 5.33 Å². The molecular weight excluding hydrogens is 284 g/mol. The first-order valence-corrected chi connectivity index (χ1v) is 6.40. The van der Waals surface area contributed by atoms with Gasteiger partial charge in [0.25, 0.3) is 0 Å². The molecule has 0 bridgehead atoms. The Hall–Kier alpha value is -1.36. The molecule has 0 radical (unpaired) electrons. The van der Waals surface area contributed by atoms with Gasteiger partial charge >= 0.3 is 0 Å². The van der Waals surface area contributed by atoms with E-state index in [0.717, 1.165) is 5.56 Å². The summed E-state index contributed by atoms with van der Waals surface area (Å²) in [4.78, 5) is 22.9.